The lowest BCUT2D eigenvalue weighted by molar-refractivity contribution is -0.116. The van der Waals surface area contributed by atoms with E-state index >= 15 is 0 Å². The number of aromatic nitrogens is 3. The molecular weight excluding hydrogens is 444 g/mol. The van der Waals surface area contributed by atoms with Crippen molar-refractivity contribution < 1.29 is 19.0 Å². The first-order chi connectivity index (χ1) is 16.0. The molecule has 2 atom stereocenters. The summed E-state index contributed by atoms with van der Waals surface area (Å²) in [6, 6.07) is 10.9. The fourth-order valence-electron chi connectivity index (χ4n) is 4.71. The molecule has 0 amide bonds. The van der Waals surface area contributed by atoms with Crippen LogP contribution in [0.4, 0.5) is 5.95 Å². The molecule has 1 aliphatic heterocycles. The van der Waals surface area contributed by atoms with E-state index in [4.69, 9.17) is 25.8 Å². The van der Waals surface area contributed by atoms with Crippen LogP contribution in [0, 0.1) is 0 Å². The summed E-state index contributed by atoms with van der Waals surface area (Å²) in [7, 11) is 4.73. The topological polar surface area (TPSA) is 87.5 Å². The number of anilines is 1. The van der Waals surface area contributed by atoms with Crippen molar-refractivity contribution in [3.63, 3.8) is 0 Å². The largest absolute Gasteiger partial charge is 0.493 e. The molecule has 1 aromatic heterocycles. The highest BCUT2D eigenvalue weighted by Gasteiger charge is 2.40. The number of benzene rings is 2. The van der Waals surface area contributed by atoms with Crippen molar-refractivity contribution in [2.45, 2.75) is 24.8 Å². The van der Waals surface area contributed by atoms with E-state index in [1.54, 1.807) is 26.0 Å². The SMILES string of the molecule is COc1cc([C@H]2CC(=O)C3=C(C2)Nc2ncnn2[C@@H]3c2ccccc2Cl)cc(OC)c1OC. The summed E-state index contributed by atoms with van der Waals surface area (Å²) >= 11 is 6.53. The summed E-state index contributed by atoms with van der Waals surface area (Å²) in [5, 5.41) is 8.28. The van der Waals surface area contributed by atoms with Crippen LogP contribution in [0.15, 0.2) is 54.0 Å². The number of ketones is 1. The van der Waals surface area contributed by atoms with Crippen molar-refractivity contribution in [3.8, 4) is 17.2 Å². The van der Waals surface area contributed by atoms with Crippen LogP contribution in [0.5, 0.6) is 17.2 Å². The third-order valence-electron chi connectivity index (χ3n) is 6.22. The van der Waals surface area contributed by atoms with Gasteiger partial charge in [-0.05, 0) is 36.1 Å². The first kappa shape index (κ1) is 21.3. The van der Waals surface area contributed by atoms with E-state index in [0.717, 1.165) is 16.8 Å². The first-order valence-electron chi connectivity index (χ1n) is 10.5. The molecule has 1 N–H and O–H groups in total. The molecule has 8 nitrogen and oxygen atoms in total. The smallest absolute Gasteiger partial charge is 0.226 e. The van der Waals surface area contributed by atoms with E-state index in [1.165, 1.54) is 6.33 Å². The Hall–Kier alpha value is -3.52. The minimum atomic E-state index is -0.430. The summed E-state index contributed by atoms with van der Waals surface area (Å²) in [5.74, 6) is 2.19. The van der Waals surface area contributed by atoms with Crippen LogP contribution in [0.1, 0.15) is 35.9 Å². The second-order valence-corrected chi connectivity index (χ2v) is 8.36. The number of rotatable bonds is 5. The summed E-state index contributed by atoms with van der Waals surface area (Å²) in [6.45, 7) is 0. The molecule has 0 saturated heterocycles. The Balaban J connectivity index is 1.59. The minimum absolute atomic E-state index is 0.0357. The van der Waals surface area contributed by atoms with Gasteiger partial charge in [-0.2, -0.15) is 10.1 Å². The van der Waals surface area contributed by atoms with Crippen LogP contribution in [0.2, 0.25) is 5.02 Å². The number of Topliss-reactive ketones (excluding diaryl/α,β-unsaturated/α-hetero) is 1. The molecular formula is C24H23ClN4O4. The number of nitrogens with one attached hydrogen (secondary N) is 1. The van der Waals surface area contributed by atoms with Crippen molar-refractivity contribution >= 4 is 23.3 Å². The van der Waals surface area contributed by atoms with E-state index in [-0.39, 0.29) is 11.7 Å². The average Bonchev–Trinajstić information content (AvgIpc) is 3.30. The molecule has 0 spiro atoms. The predicted molar refractivity (Wildman–Crippen MR) is 123 cm³/mol. The van der Waals surface area contributed by atoms with Gasteiger partial charge < -0.3 is 19.5 Å². The normalized spacial score (nSPS) is 19.5. The van der Waals surface area contributed by atoms with Gasteiger partial charge in [-0.15, -0.1) is 0 Å². The van der Waals surface area contributed by atoms with Gasteiger partial charge in [-0.25, -0.2) is 4.68 Å². The molecule has 0 unspecified atom stereocenters. The van der Waals surface area contributed by atoms with E-state index < -0.39 is 6.04 Å². The summed E-state index contributed by atoms with van der Waals surface area (Å²) in [5.41, 5.74) is 3.26. The number of halogens is 1. The number of hydrogen-bond acceptors (Lipinski definition) is 7. The molecule has 2 aromatic carbocycles. The molecule has 5 rings (SSSR count). The molecule has 3 aromatic rings. The number of allylic oxidation sites excluding steroid dienone is 2. The van der Waals surface area contributed by atoms with Crippen molar-refractivity contribution in [1.29, 1.82) is 0 Å². The van der Waals surface area contributed by atoms with Gasteiger partial charge >= 0.3 is 0 Å². The Morgan fingerprint density at radius 2 is 1.79 bits per heavy atom. The number of fused-ring (bicyclic) bond motifs is 1. The second kappa shape index (κ2) is 8.44. The minimum Gasteiger partial charge on any atom is -0.493 e. The Morgan fingerprint density at radius 3 is 2.45 bits per heavy atom. The number of ether oxygens (including phenoxy) is 3. The number of methoxy groups -OCH3 is 3. The third kappa shape index (κ3) is 3.51. The van der Waals surface area contributed by atoms with Crippen LogP contribution >= 0.6 is 11.6 Å². The summed E-state index contributed by atoms with van der Waals surface area (Å²) < 4.78 is 18.2. The van der Waals surface area contributed by atoms with E-state index in [2.05, 4.69) is 15.4 Å². The van der Waals surface area contributed by atoms with Gasteiger partial charge in [0.2, 0.25) is 11.7 Å². The maximum absolute atomic E-state index is 13.6. The fourth-order valence-corrected chi connectivity index (χ4v) is 4.95. The molecule has 1 aliphatic carbocycles. The zero-order valence-electron chi connectivity index (χ0n) is 18.5. The van der Waals surface area contributed by atoms with E-state index in [9.17, 15) is 4.79 Å². The van der Waals surface area contributed by atoms with Crippen LogP contribution in [0.3, 0.4) is 0 Å². The zero-order chi connectivity index (χ0) is 23.1. The van der Waals surface area contributed by atoms with Gasteiger partial charge in [0.25, 0.3) is 0 Å². The first-order valence-corrected chi connectivity index (χ1v) is 10.9. The Kier molecular flexibility index (Phi) is 5.46. The standard InChI is InChI=1S/C24H23ClN4O4/c1-31-19-10-14(11-20(32-2)23(19)33-3)13-8-17-21(18(30)9-13)22(15-6-4-5-7-16(15)25)29-24(28-17)26-12-27-29/h4-7,10-13,22H,8-9H2,1-3H3,(H,26,27,28)/t13-,22-/m1/s1. The van der Waals surface area contributed by atoms with Gasteiger partial charge in [0.15, 0.2) is 17.3 Å². The maximum atomic E-state index is 13.6. The second-order valence-electron chi connectivity index (χ2n) is 7.96. The molecule has 33 heavy (non-hydrogen) atoms. The Bertz CT molecular complexity index is 1240. The van der Waals surface area contributed by atoms with Crippen LogP contribution in [0.25, 0.3) is 0 Å². The Labute approximate surface area is 196 Å². The van der Waals surface area contributed by atoms with Gasteiger partial charge in [-0.1, -0.05) is 29.8 Å². The maximum Gasteiger partial charge on any atom is 0.226 e. The third-order valence-corrected chi connectivity index (χ3v) is 6.56. The Morgan fingerprint density at radius 1 is 1.06 bits per heavy atom. The number of carbonyl (C=O) groups is 1. The van der Waals surface area contributed by atoms with E-state index in [0.29, 0.717) is 46.6 Å². The monoisotopic (exact) mass is 466 g/mol. The van der Waals surface area contributed by atoms with E-state index in [1.807, 2.05) is 36.4 Å². The number of carbonyl (C=O) groups excluding carboxylic acids is 1. The lowest BCUT2D eigenvalue weighted by Gasteiger charge is -2.35. The van der Waals surface area contributed by atoms with Crippen LogP contribution < -0.4 is 19.5 Å². The lowest BCUT2D eigenvalue weighted by atomic mass is 9.77. The van der Waals surface area contributed by atoms with Crippen LogP contribution in [-0.2, 0) is 4.79 Å². The highest BCUT2D eigenvalue weighted by molar-refractivity contribution is 6.31. The lowest BCUT2D eigenvalue weighted by Crippen LogP contribution is -2.33. The van der Waals surface area contributed by atoms with Crippen molar-refractivity contribution in [2.24, 2.45) is 0 Å². The van der Waals surface area contributed by atoms with Gasteiger partial charge in [0.05, 0.1) is 21.3 Å². The van der Waals surface area contributed by atoms with Gasteiger partial charge in [-0.3, -0.25) is 4.79 Å². The average molecular weight is 467 g/mol. The highest BCUT2D eigenvalue weighted by atomic mass is 35.5. The molecule has 2 heterocycles. The fraction of sp³-hybridized carbons (Fsp3) is 0.292. The molecule has 9 heteroatoms. The van der Waals surface area contributed by atoms with Gasteiger partial charge in [0, 0.05) is 28.3 Å². The van der Waals surface area contributed by atoms with Gasteiger partial charge in [0.1, 0.15) is 12.4 Å². The number of hydrogen-bond donors (Lipinski definition) is 1. The summed E-state index contributed by atoms with van der Waals surface area (Å²) in [6.07, 6.45) is 2.43. The quantitative estimate of drug-likeness (QED) is 0.597. The highest BCUT2D eigenvalue weighted by Crippen LogP contribution is 2.47. The molecule has 0 saturated carbocycles. The van der Waals surface area contributed by atoms with Crippen LogP contribution in [-0.4, -0.2) is 41.9 Å². The molecule has 0 radical (unpaired) electrons. The zero-order valence-corrected chi connectivity index (χ0v) is 19.2. The number of nitrogens with zero attached hydrogens (tertiary/aromatic N) is 3. The van der Waals surface area contributed by atoms with Crippen molar-refractivity contribution in [1.82, 2.24) is 14.8 Å². The van der Waals surface area contributed by atoms with Crippen molar-refractivity contribution in [3.05, 3.63) is 70.1 Å². The van der Waals surface area contributed by atoms with Crippen molar-refractivity contribution in [2.75, 3.05) is 26.6 Å². The molecule has 0 fully saturated rings. The molecule has 2 aliphatic rings. The molecule has 0 bridgehead atoms. The summed E-state index contributed by atoms with van der Waals surface area (Å²) in [4.78, 5) is 17.9. The predicted octanol–water partition coefficient (Wildman–Crippen LogP) is 4.37. The molecule has 170 valence electrons.